The molecule has 0 saturated heterocycles. The van der Waals surface area contributed by atoms with Crippen LogP contribution in [0.25, 0.3) is 0 Å². The molecule has 158 valence electrons. The SMILES string of the molecule is CC(C)(C)[C@@H]1CCc2c(sc(NC(=O)C(c3ccccc3)c3ccccc3)c2C#N)C1. The molecule has 1 heterocycles. The van der Waals surface area contributed by atoms with Crippen molar-refractivity contribution in [3.8, 4) is 6.07 Å². The van der Waals surface area contributed by atoms with Crippen molar-refractivity contribution in [1.82, 2.24) is 0 Å². The Morgan fingerprint density at radius 1 is 1.06 bits per heavy atom. The zero-order valence-electron chi connectivity index (χ0n) is 18.3. The van der Waals surface area contributed by atoms with E-state index in [9.17, 15) is 10.1 Å². The lowest BCUT2D eigenvalue weighted by Gasteiger charge is -2.33. The summed E-state index contributed by atoms with van der Waals surface area (Å²) in [6.07, 6.45) is 2.98. The highest BCUT2D eigenvalue weighted by Crippen LogP contribution is 2.44. The van der Waals surface area contributed by atoms with Crippen molar-refractivity contribution in [2.45, 2.75) is 46.0 Å². The summed E-state index contributed by atoms with van der Waals surface area (Å²) in [6, 6.07) is 22.0. The van der Waals surface area contributed by atoms with Gasteiger partial charge >= 0.3 is 0 Å². The van der Waals surface area contributed by atoms with E-state index in [-0.39, 0.29) is 11.3 Å². The first-order valence-corrected chi connectivity index (χ1v) is 11.7. The number of nitriles is 1. The highest BCUT2D eigenvalue weighted by atomic mass is 32.1. The lowest BCUT2D eigenvalue weighted by Crippen LogP contribution is -2.26. The zero-order valence-corrected chi connectivity index (χ0v) is 19.1. The third-order valence-corrected chi connectivity index (χ3v) is 7.54. The van der Waals surface area contributed by atoms with Gasteiger partial charge < -0.3 is 5.32 Å². The average molecular weight is 429 g/mol. The standard InChI is InChI=1S/C27H28N2OS/c1-27(2,3)20-14-15-21-22(17-28)26(31-23(21)16-20)29-25(30)24(18-10-6-4-7-11-18)19-12-8-5-9-13-19/h4-13,20,24H,14-16H2,1-3H3,(H,29,30)/t20-/m1/s1. The molecular weight excluding hydrogens is 400 g/mol. The molecule has 1 aliphatic rings. The van der Waals surface area contributed by atoms with Gasteiger partial charge in [0.05, 0.1) is 11.5 Å². The largest absolute Gasteiger partial charge is 0.316 e. The molecular formula is C27H28N2OS. The second-order valence-electron chi connectivity index (χ2n) is 9.37. The number of hydrogen-bond donors (Lipinski definition) is 1. The molecule has 0 unspecified atom stereocenters. The molecule has 0 bridgehead atoms. The molecule has 3 nitrogen and oxygen atoms in total. The van der Waals surface area contributed by atoms with E-state index in [4.69, 9.17) is 0 Å². The van der Waals surface area contributed by atoms with Crippen molar-refractivity contribution in [1.29, 1.82) is 5.26 Å². The summed E-state index contributed by atoms with van der Waals surface area (Å²) in [4.78, 5) is 14.8. The van der Waals surface area contributed by atoms with Crippen LogP contribution in [0.5, 0.6) is 0 Å². The molecule has 0 spiro atoms. The normalized spacial score (nSPS) is 15.9. The molecule has 4 rings (SSSR count). The minimum Gasteiger partial charge on any atom is -0.316 e. The quantitative estimate of drug-likeness (QED) is 0.513. The smallest absolute Gasteiger partial charge is 0.237 e. The Morgan fingerprint density at radius 3 is 2.16 bits per heavy atom. The van der Waals surface area contributed by atoms with E-state index in [2.05, 4.69) is 32.2 Å². The summed E-state index contributed by atoms with van der Waals surface area (Å²) >= 11 is 1.59. The predicted molar refractivity (Wildman–Crippen MR) is 127 cm³/mol. The number of rotatable bonds is 4. The minimum absolute atomic E-state index is 0.0973. The van der Waals surface area contributed by atoms with Gasteiger partial charge in [0, 0.05) is 4.88 Å². The molecule has 1 aromatic heterocycles. The van der Waals surface area contributed by atoms with Crippen LogP contribution in [0.3, 0.4) is 0 Å². The Morgan fingerprint density at radius 2 is 1.65 bits per heavy atom. The molecule has 0 fully saturated rings. The van der Waals surface area contributed by atoms with Crippen LogP contribution in [0, 0.1) is 22.7 Å². The van der Waals surface area contributed by atoms with E-state index in [1.54, 1.807) is 11.3 Å². The van der Waals surface area contributed by atoms with Crippen LogP contribution in [-0.4, -0.2) is 5.91 Å². The second-order valence-corrected chi connectivity index (χ2v) is 10.5. The predicted octanol–water partition coefficient (Wildman–Crippen LogP) is 6.54. The lowest BCUT2D eigenvalue weighted by molar-refractivity contribution is -0.116. The highest BCUT2D eigenvalue weighted by molar-refractivity contribution is 7.16. The molecule has 2 aromatic carbocycles. The van der Waals surface area contributed by atoms with Crippen LogP contribution in [0.2, 0.25) is 0 Å². The van der Waals surface area contributed by atoms with Crippen LogP contribution in [0.4, 0.5) is 5.00 Å². The number of fused-ring (bicyclic) bond motifs is 1. The van der Waals surface area contributed by atoms with E-state index >= 15 is 0 Å². The minimum atomic E-state index is -0.421. The Balaban J connectivity index is 1.66. The van der Waals surface area contributed by atoms with E-state index in [1.165, 1.54) is 4.88 Å². The van der Waals surface area contributed by atoms with E-state index in [0.29, 0.717) is 16.5 Å². The molecule has 1 atom stereocenters. The maximum Gasteiger partial charge on any atom is 0.237 e. The number of hydrogen-bond acceptors (Lipinski definition) is 3. The van der Waals surface area contributed by atoms with Crippen molar-refractivity contribution in [3.05, 3.63) is 87.8 Å². The molecule has 31 heavy (non-hydrogen) atoms. The lowest BCUT2D eigenvalue weighted by atomic mass is 9.72. The summed E-state index contributed by atoms with van der Waals surface area (Å²) in [5.74, 6) is 0.0744. The summed E-state index contributed by atoms with van der Waals surface area (Å²) in [5, 5.41) is 13.7. The van der Waals surface area contributed by atoms with Crippen molar-refractivity contribution < 1.29 is 4.79 Å². The first-order chi connectivity index (χ1) is 14.9. The number of nitrogens with zero attached hydrogens (tertiary/aromatic N) is 1. The fourth-order valence-electron chi connectivity index (χ4n) is 4.50. The Bertz CT molecular complexity index is 1060. The van der Waals surface area contributed by atoms with E-state index in [1.807, 2.05) is 60.7 Å². The zero-order chi connectivity index (χ0) is 22.0. The van der Waals surface area contributed by atoms with Gasteiger partial charge in [-0.1, -0.05) is 81.4 Å². The molecule has 0 radical (unpaired) electrons. The maximum atomic E-state index is 13.5. The van der Waals surface area contributed by atoms with Gasteiger partial charge in [0.2, 0.25) is 5.91 Å². The van der Waals surface area contributed by atoms with Crippen molar-refractivity contribution in [2.75, 3.05) is 5.32 Å². The van der Waals surface area contributed by atoms with Gasteiger partial charge in [-0.25, -0.2) is 0 Å². The van der Waals surface area contributed by atoms with Gasteiger partial charge in [-0.2, -0.15) is 5.26 Å². The van der Waals surface area contributed by atoms with Gasteiger partial charge in [-0.3, -0.25) is 4.79 Å². The monoisotopic (exact) mass is 428 g/mol. The molecule has 0 saturated carbocycles. The second kappa shape index (κ2) is 8.69. The van der Waals surface area contributed by atoms with Crippen LogP contribution in [-0.2, 0) is 17.6 Å². The molecule has 4 heteroatoms. The average Bonchev–Trinajstić information content (AvgIpc) is 3.11. The number of thiophene rings is 1. The van der Waals surface area contributed by atoms with E-state index < -0.39 is 5.92 Å². The fourth-order valence-corrected chi connectivity index (χ4v) is 5.78. The molecule has 1 amide bonds. The summed E-state index contributed by atoms with van der Waals surface area (Å²) in [7, 11) is 0. The van der Waals surface area contributed by atoms with Gasteiger partial charge in [-0.15, -0.1) is 11.3 Å². The first-order valence-electron chi connectivity index (χ1n) is 10.8. The third-order valence-electron chi connectivity index (χ3n) is 6.37. The maximum absolute atomic E-state index is 13.5. The Kier molecular flexibility index (Phi) is 5.98. The molecule has 0 aliphatic heterocycles. The van der Waals surface area contributed by atoms with E-state index in [0.717, 1.165) is 36.0 Å². The third kappa shape index (κ3) is 4.43. The number of nitrogens with one attached hydrogen (secondary N) is 1. The number of benzene rings is 2. The summed E-state index contributed by atoms with van der Waals surface area (Å²) in [6.45, 7) is 6.86. The van der Waals surface area contributed by atoms with Crippen molar-refractivity contribution in [3.63, 3.8) is 0 Å². The van der Waals surface area contributed by atoms with Crippen LogP contribution < -0.4 is 5.32 Å². The molecule has 1 aliphatic carbocycles. The highest BCUT2D eigenvalue weighted by Gasteiger charge is 2.33. The van der Waals surface area contributed by atoms with Gasteiger partial charge in [0.15, 0.2) is 0 Å². The van der Waals surface area contributed by atoms with Crippen molar-refractivity contribution in [2.24, 2.45) is 11.3 Å². The van der Waals surface area contributed by atoms with Crippen LogP contribution >= 0.6 is 11.3 Å². The van der Waals surface area contributed by atoms with Gasteiger partial charge in [0.1, 0.15) is 11.1 Å². The molecule has 3 aromatic rings. The Hall–Kier alpha value is -2.90. The number of amides is 1. The van der Waals surface area contributed by atoms with Gasteiger partial charge in [-0.05, 0) is 47.3 Å². The van der Waals surface area contributed by atoms with Gasteiger partial charge in [0.25, 0.3) is 0 Å². The summed E-state index contributed by atoms with van der Waals surface area (Å²) < 4.78 is 0. The summed E-state index contributed by atoms with van der Waals surface area (Å²) in [5.41, 5.74) is 3.92. The topological polar surface area (TPSA) is 52.9 Å². The fraction of sp³-hybridized carbons (Fsp3) is 0.333. The van der Waals surface area contributed by atoms with Crippen LogP contribution in [0.1, 0.15) is 60.2 Å². The van der Waals surface area contributed by atoms with Crippen molar-refractivity contribution >= 4 is 22.2 Å². The number of carbonyl (C=O) groups excluding carboxylic acids is 1. The molecule has 1 N–H and O–H groups in total. The number of anilines is 1. The Labute approximate surface area is 188 Å². The number of carbonyl (C=O) groups is 1. The van der Waals surface area contributed by atoms with Crippen LogP contribution in [0.15, 0.2) is 60.7 Å². The first kappa shape index (κ1) is 21.3.